The Hall–Kier alpha value is -1.28. The van der Waals surface area contributed by atoms with E-state index in [0.717, 1.165) is 44.9 Å². The molecule has 0 bridgehead atoms. The second-order valence-corrected chi connectivity index (χ2v) is 23.5. The van der Waals surface area contributed by atoms with Gasteiger partial charge in [0.15, 0.2) is 0 Å². The average Bonchev–Trinajstić information content (AvgIpc) is 3.32. The van der Waals surface area contributed by atoms with Crippen LogP contribution in [0.25, 0.3) is 0 Å². The maximum Gasteiger partial charge on any atom is 0.268 e. The van der Waals surface area contributed by atoms with E-state index in [9.17, 15) is 19.4 Å². The summed E-state index contributed by atoms with van der Waals surface area (Å²) in [7, 11) is 1.27. The van der Waals surface area contributed by atoms with Crippen LogP contribution in [-0.2, 0) is 18.4 Å². The van der Waals surface area contributed by atoms with Gasteiger partial charge in [0.2, 0.25) is 5.91 Å². The summed E-state index contributed by atoms with van der Waals surface area (Å²) in [6.07, 6.45) is 68.5. The Bertz CT molecular complexity index is 1230. The van der Waals surface area contributed by atoms with E-state index < -0.39 is 20.0 Å². The number of nitrogens with one attached hydrogen (secondary N) is 1. The standard InChI is InChI=1S/C61H119N2O6P/c1-6-8-10-12-14-16-17-18-19-20-21-22-23-24-25-26-27-28-29-30-31-32-33-34-35-36-37-38-39-40-41-42-43-44-45-47-49-51-53-55-61(65)62-59(58-69-70(66,67)68-57-56-63(3,4)5)60(64)54-52-50-48-46-15-13-11-9-7-2/h27-28,30-31,52,54,59-60,64H,6-26,29,32-51,53,55-58H2,1-5H3,(H-,62,65,66,67)/b28-27-,31-30-,54-52+. The number of unbranched alkanes of at least 4 members (excludes halogenated alkanes) is 39. The molecule has 0 spiro atoms. The SMILES string of the molecule is CCCCCCCCC/C=C/C(O)C(COP(=O)([O-])OCC[N+](C)(C)C)NC(=O)CCCCCCCCCCCCCCCCCCC/C=C\C/C=C\CCCCCCCCCCCCCCCCC. The maximum atomic E-state index is 12.9. The Balaban J connectivity index is 3.81. The van der Waals surface area contributed by atoms with Crippen LogP contribution in [0.15, 0.2) is 36.5 Å². The lowest BCUT2D eigenvalue weighted by Gasteiger charge is -2.29. The van der Waals surface area contributed by atoms with Gasteiger partial charge >= 0.3 is 0 Å². The smallest absolute Gasteiger partial charge is 0.268 e. The summed E-state index contributed by atoms with van der Waals surface area (Å²) < 4.78 is 23.2. The van der Waals surface area contributed by atoms with Gasteiger partial charge in [0.25, 0.3) is 7.82 Å². The van der Waals surface area contributed by atoms with E-state index in [4.69, 9.17) is 9.05 Å². The number of quaternary nitrogens is 1. The maximum absolute atomic E-state index is 12.9. The number of likely N-dealkylation sites (N-methyl/N-ethyl adjacent to an activating group) is 1. The van der Waals surface area contributed by atoms with Gasteiger partial charge in [-0.05, 0) is 51.4 Å². The molecule has 0 fully saturated rings. The summed E-state index contributed by atoms with van der Waals surface area (Å²) in [4.78, 5) is 25.4. The number of hydrogen-bond acceptors (Lipinski definition) is 6. The molecule has 2 N–H and O–H groups in total. The number of rotatable bonds is 56. The molecular weight excluding hydrogens is 888 g/mol. The predicted molar refractivity (Wildman–Crippen MR) is 302 cm³/mol. The first kappa shape index (κ1) is 68.7. The summed E-state index contributed by atoms with van der Waals surface area (Å²) in [5.41, 5.74) is 0. The van der Waals surface area contributed by atoms with Crippen molar-refractivity contribution in [2.75, 3.05) is 40.9 Å². The van der Waals surface area contributed by atoms with Gasteiger partial charge in [0.05, 0.1) is 39.9 Å². The monoisotopic (exact) mass is 1010 g/mol. The first-order valence-corrected chi connectivity index (χ1v) is 31.8. The van der Waals surface area contributed by atoms with E-state index in [0.29, 0.717) is 17.4 Å². The highest BCUT2D eigenvalue weighted by atomic mass is 31.2. The molecule has 70 heavy (non-hydrogen) atoms. The number of carbonyl (C=O) groups excluding carboxylic acids is 1. The van der Waals surface area contributed by atoms with Crippen molar-refractivity contribution in [3.05, 3.63) is 36.5 Å². The Morgan fingerprint density at radius 3 is 1.19 bits per heavy atom. The fourth-order valence-electron chi connectivity index (χ4n) is 9.07. The molecule has 0 aliphatic rings. The van der Waals surface area contributed by atoms with Crippen LogP contribution in [0.1, 0.15) is 296 Å². The van der Waals surface area contributed by atoms with E-state index in [1.807, 2.05) is 27.2 Å². The van der Waals surface area contributed by atoms with Gasteiger partial charge in [-0.3, -0.25) is 9.36 Å². The van der Waals surface area contributed by atoms with Crippen molar-refractivity contribution in [3.63, 3.8) is 0 Å². The van der Waals surface area contributed by atoms with Crippen molar-refractivity contribution in [2.45, 2.75) is 309 Å². The molecule has 9 heteroatoms. The van der Waals surface area contributed by atoms with Crippen molar-refractivity contribution in [1.29, 1.82) is 0 Å². The average molecular weight is 1010 g/mol. The number of aliphatic hydroxyl groups excluding tert-OH is 1. The molecule has 0 aliphatic carbocycles. The number of allylic oxidation sites excluding steroid dienone is 5. The van der Waals surface area contributed by atoms with E-state index in [2.05, 4.69) is 43.5 Å². The quantitative estimate of drug-likeness (QED) is 0.0272. The molecule has 0 saturated heterocycles. The fraction of sp³-hybridized carbons (Fsp3) is 0.885. The third-order valence-electron chi connectivity index (χ3n) is 13.8. The topological polar surface area (TPSA) is 108 Å². The van der Waals surface area contributed by atoms with E-state index >= 15 is 0 Å². The van der Waals surface area contributed by atoms with Gasteiger partial charge in [-0.25, -0.2) is 0 Å². The molecular formula is C61H119N2O6P. The zero-order valence-electron chi connectivity index (χ0n) is 47.2. The van der Waals surface area contributed by atoms with E-state index in [1.165, 1.54) is 231 Å². The van der Waals surface area contributed by atoms with Crippen LogP contribution in [0.4, 0.5) is 0 Å². The summed E-state index contributed by atoms with van der Waals surface area (Å²) in [6, 6.07) is -0.883. The molecule has 0 rings (SSSR count). The van der Waals surface area contributed by atoms with Crippen molar-refractivity contribution in [2.24, 2.45) is 0 Å². The van der Waals surface area contributed by atoms with Crippen LogP contribution < -0.4 is 10.2 Å². The minimum Gasteiger partial charge on any atom is -0.756 e. The number of nitrogens with zero attached hydrogens (tertiary/aromatic N) is 1. The molecule has 1 amide bonds. The van der Waals surface area contributed by atoms with Crippen LogP contribution in [0.5, 0.6) is 0 Å². The Kier molecular flexibility index (Phi) is 51.6. The Labute approximate surface area is 436 Å². The zero-order valence-corrected chi connectivity index (χ0v) is 48.1. The first-order chi connectivity index (χ1) is 34.0. The van der Waals surface area contributed by atoms with Gasteiger partial charge < -0.3 is 28.8 Å². The number of phosphoric ester groups is 1. The van der Waals surface area contributed by atoms with Gasteiger partial charge in [-0.2, -0.15) is 0 Å². The largest absolute Gasteiger partial charge is 0.756 e. The van der Waals surface area contributed by atoms with E-state index in [-0.39, 0.29) is 19.1 Å². The zero-order chi connectivity index (χ0) is 51.3. The first-order valence-electron chi connectivity index (χ1n) is 30.4. The van der Waals surface area contributed by atoms with Gasteiger partial charge in [0.1, 0.15) is 13.2 Å². The third-order valence-corrected chi connectivity index (χ3v) is 14.8. The van der Waals surface area contributed by atoms with Crippen molar-refractivity contribution < 1.29 is 32.9 Å². The lowest BCUT2D eigenvalue weighted by Crippen LogP contribution is -2.45. The molecule has 414 valence electrons. The summed E-state index contributed by atoms with van der Waals surface area (Å²) >= 11 is 0. The number of hydrogen-bond donors (Lipinski definition) is 2. The predicted octanol–water partition coefficient (Wildman–Crippen LogP) is 17.9. The van der Waals surface area contributed by atoms with E-state index in [1.54, 1.807) is 6.08 Å². The molecule has 0 heterocycles. The normalized spacial score (nSPS) is 14.1. The second kappa shape index (κ2) is 52.6. The minimum atomic E-state index is -4.59. The lowest BCUT2D eigenvalue weighted by atomic mass is 10.0. The number of carbonyl (C=O) groups is 1. The van der Waals surface area contributed by atoms with Gasteiger partial charge in [-0.15, -0.1) is 0 Å². The van der Waals surface area contributed by atoms with Crippen LogP contribution in [0.3, 0.4) is 0 Å². The molecule has 3 unspecified atom stereocenters. The molecule has 0 radical (unpaired) electrons. The molecule has 8 nitrogen and oxygen atoms in total. The molecule has 0 aromatic carbocycles. The Morgan fingerprint density at radius 2 is 0.829 bits per heavy atom. The molecule has 3 atom stereocenters. The van der Waals surface area contributed by atoms with Crippen molar-refractivity contribution in [3.8, 4) is 0 Å². The van der Waals surface area contributed by atoms with Crippen LogP contribution in [0.2, 0.25) is 0 Å². The summed E-state index contributed by atoms with van der Waals surface area (Å²) in [6.45, 7) is 4.64. The Morgan fingerprint density at radius 1 is 0.500 bits per heavy atom. The molecule has 0 saturated carbocycles. The van der Waals surface area contributed by atoms with Crippen molar-refractivity contribution in [1.82, 2.24) is 5.32 Å². The minimum absolute atomic E-state index is 0.000262. The number of aliphatic hydroxyl groups is 1. The number of phosphoric acid groups is 1. The number of amides is 1. The van der Waals surface area contributed by atoms with Crippen LogP contribution in [-0.4, -0.2) is 68.5 Å². The van der Waals surface area contributed by atoms with Crippen LogP contribution >= 0.6 is 7.82 Å². The van der Waals surface area contributed by atoms with Crippen molar-refractivity contribution >= 4 is 13.7 Å². The second-order valence-electron chi connectivity index (χ2n) is 22.1. The highest BCUT2D eigenvalue weighted by Crippen LogP contribution is 2.38. The van der Waals surface area contributed by atoms with Crippen LogP contribution in [0, 0.1) is 0 Å². The molecule has 0 aromatic rings. The molecule has 0 aromatic heterocycles. The highest BCUT2D eigenvalue weighted by molar-refractivity contribution is 7.45. The highest BCUT2D eigenvalue weighted by Gasteiger charge is 2.23. The van der Waals surface area contributed by atoms with Gasteiger partial charge in [-0.1, -0.05) is 275 Å². The fourth-order valence-corrected chi connectivity index (χ4v) is 9.79. The lowest BCUT2D eigenvalue weighted by molar-refractivity contribution is -0.870. The third kappa shape index (κ3) is 54.5. The molecule has 0 aliphatic heterocycles. The van der Waals surface area contributed by atoms with Gasteiger partial charge in [0, 0.05) is 6.42 Å². The summed E-state index contributed by atoms with van der Waals surface area (Å²) in [5.74, 6) is -0.197. The summed E-state index contributed by atoms with van der Waals surface area (Å²) in [5, 5.41) is 13.8.